The summed E-state index contributed by atoms with van der Waals surface area (Å²) in [4.78, 5) is 15.8. The summed E-state index contributed by atoms with van der Waals surface area (Å²) in [5.74, 6) is 0. The van der Waals surface area contributed by atoms with Gasteiger partial charge in [0.05, 0.1) is 11.9 Å². The van der Waals surface area contributed by atoms with E-state index in [2.05, 4.69) is 15.6 Å². The quantitative estimate of drug-likeness (QED) is 0.660. The second-order valence-corrected chi connectivity index (χ2v) is 4.52. The van der Waals surface area contributed by atoms with Crippen LogP contribution in [0.3, 0.4) is 0 Å². The number of pyridine rings is 1. The number of carbonyl (C=O) groups is 1. The van der Waals surface area contributed by atoms with Crippen LogP contribution >= 0.6 is 0 Å². The van der Waals surface area contributed by atoms with E-state index in [1.165, 1.54) is 0 Å². The van der Waals surface area contributed by atoms with Gasteiger partial charge in [-0.3, -0.25) is 4.98 Å². The molecule has 2 amide bonds. The monoisotopic (exact) mass is 319 g/mol. The van der Waals surface area contributed by atoms with Crippen molar-refractivity contribution in [1.29, 1.82) is 0 Å². The average Bonchev–Trinajstić information content (AvgIpc) is 2.81. The molecule has 0 saturated heterocycles. The van der Waals surface area contributed by atoms with Crippen molar-refractivity contribution in [3.8, 4) is 0 Å². The van der Waals surface area contributed by atoms with Crippen molar-refractivity contribution in [2.75, 3.05) is 10.6 Å². The summed E-state index contributed by atoms with van der Waals surface area (Å²) in [6, 6.07) is 11.1. The number of carbonyl (C=O) groups excluding carboxylic acids is 1. The molecule has 0 aliphatic heterocycles. The van der Waals surface area contributed by atoms with Crippen LogP contribution in [0.15, 0.2) is 55.0 Å². The predicted octanol–water partition coefficient (Wildman–Crippen LogP) is -0.603. The normalized spacial score (nSPS) is 9.50. The molecule has 0 unspecified atom stereocenters. The average molecular weight is 320 g/mol. The van der Waals surface area contributed by atoms with Gasteiger partial charge in [0.25, 0.3) is 0 Å². The molecule has 22 heavy (non-hydrogen) atoms. The number of halogens is 1. The molecule has 3 aromatic rings. The Balaban J connectivity index is 0.00000121. The van der Waals surface area contributed by atoms with Crippen molar-refractivity contribution in [1.82, 2.24) is 9.55 Å². The summed E-state index contributed by atoms with van der Waals surface area (Å²) < 4.78 is 2.04. The second-order valence-electron chi connectivity index (χ2n) is 4.52. The van der Waals surface area contributed by atoms with E-state index in [9.17, 15) is 4.79 Å². The number of urea groups is 1. The molecule has 0 spiro atoms. The Bertz CT molecular complexity index is 759. The van der Waals surface area contributed by atoms with Crippen LogP contribution in [0.2, 0.25) is 0 Å². The molecule has 0 radical (unpaired) electrons. The molecule has 0 saturated carbocycles. The molecule has 0 atom stereocenters. The van der Waals surface area contributed by atoms with Crippen molar-refractivity contribution >= 4 is 28.3 Å². The molecule has 7 heteroatoms. The fraction of sp³-hybridized carbons (Fsp3) is 0.0667. The summed E-state index contributed by atoms with van der Waals surface area (Å²) in [6.07, 6.45) is 5.25. The molecule has 116 valence electrons. The van der Waals surface area contributed by atoms with Crippen molar-refractivity contribution in [3.63, 3.8) is 0 Å². The Labute approximate surface area is 133 Å². The minimum atomic E-state index is -0.284. The fourth-order valence-corrected chi connectivity index (χ4v) is 2.09. The first-order chi connectivity index (χ1) is 9.72. The van der Waals surface area contributed by atoms with Gasteiger partial charge in [-0.1, -0.05) is 0 Å². The first-order valence-electron chi connectivity index (χ1n) is 6.25. The first kappa shape index (κ1) is 17.5. The number of fused-ring (bicyclic) bond motifs is 1. The Morgan fingerprint density at radius 3 is 2.64 bits per heavy atom. The predicted molar refractivity (Wildman–Crippen MR) is 83.4 cm³/mol. The SMILES string of the molecule is Cn1ccc2cc(NC(=O)Nc3cccnc3)ccc21.O.[Cl-]. The van der Waals surface area contributed by atoms with Crippen LogP contribution in [0, 0.1) is 0 Å². The third-order valence-electron chi connectivity index (χ3n) is 3.06. The van der Waals surface area contributed by atoms with Crippen molar-refractivity contribution < 1.29 is 22.7 Å². The lowest BCUT2D eigenvalue weighted by molar-refractivity contribution is -0.00000819. The lowest BCUT2D eigenvalue weighted by atomic mass is 10.2. The van der Waals surface area contributed by atoms with Crippen molar-refractivity contribution in [3.05, 3.63) is 55.0 Å². The van der Waals surface area contributed by atoms with Crippen molar-refractivity contribution in [2.45, 2.75) is 0 Å². The van der Waals surface area contributed by atoms with Crippen molar-refractivity contribution in [2.24, 2.45) is 7.05 Å². The first-order valence-corrected chi connectivity index (χ1v) is 6.25. The van der Waals surface area contributed by atoms with Gasteiger partial charge in [0, 0.05) is 36.0 Å². The van der Waals surface area contributed by atoms with E-state index in [0.717, 1.165) is 16.6 Å². The molecule has 3 rings (SSSR count). The number of aromatic nitrogens is 2. The molecular weight excluding hydrogens is 304 g/mol. The van der Waals surface area contributed by atoms with Crippen LogP contribution in [0.25, 0.3) is 10.9 Å². The topological polar surface area (TPSA) is 90.5 Å². The van der Waals surface area contributed by atoms with Crippen LogP contribution in [-0.2, 0) is 7.05 Å². The summed E-state index contributed by atoms with van der Waals surface area (Å²) in [6.45, 7) is 0. The third kappa shape index (κ3) is 3.75. The van der Waals surface area contributed by atoms with Crippen LogP contribution in [-0.4, -0.2) is 21.1 Å². The zero-order chi connectivity index (χ0) is 13.9. The van der Waals surface area contributed by atoms with Gasteiger partial charge < -0.3 is 33.1 Å². The summed E-state index contributed by atoms with van der Waals surface area (Å²) in [7, 11) is 1.99. The number of amides is 2. The molecule has 0 fully saturated rings. The molecular formula is C15H16ClN4O2-. The number of anilines is 2. The van der Waals surface area contributed by atoms with Gasteiger partial charge in [-0.05, 0) is 36.4 Å². The lowest BCUT2D eigenvalue weighted by Crippen LogP contribution is -3.00. The zero-order valence-corrected chi connectivity index (χ0v) is 12.6. The molecule has 2 heterocycles. The zero-order valence-electron chi connectivity index (χ0n) is 11.9. The molecule has 6 nitrogen and oxygen atoms in total. The standard InChI is InChI=1S/C15H14N4O.ClH.H2O/c1-19-8-6-11-9-12(4-5-14(11)19)17-15(20)18-13-3-2-7-16-10-13;;/h2-10H,1H3,(H2,17,18,20);1H;1H2/p-1. The molecule has 0 bridgehead atoms. The van der Waals surface area contributed by atoms with E-state index in [-0.39, 0.29) is 23.9 Å². The minimum absolute atomic E-state index is 0. The van der Waals surface area contributed by atoms with E-state index in [0.29, 0.717) is 5.69 Å². The number of hydrogen-bond donors (Lipinski definition) is 2. The van der Waals surface area contributed by atoms with Gasteiger partial charge in [-0.25, -0.2) is 4.79 Å². The maximum Gasteiger partial charge on any atom is 0.323 e. The van der Waals surface area contributed by atoms with E-state index in [1.807, 2.05) is 42.1 Å². The highest BCUT2D eigenvalue weighted by Crippen LogP contribution is 2.19. The molecule has 1 aromatic carbocycles. The molecule has 0 aliphatic carbocycles. The van der Waals surface area contributed by atoms with Gasteiger partial charge in [0.1, 0.15) is 0 Å². The van der Waals surface area contributed by atoms with Crippen LogP contribution in [0.1, 0.15) is 0 Å². The molecule has 4 N–H and O–H groups in total. The van der Waals surface area contributed by atoms with Gasteiger partial charge >= 0.3 is 6.03 Å². The van der Waals surface area contributed by atoms with E-state index in [4.69, 9.17) is 0 Å². The largest absolute Gasteiger partial charge is 1.00 e. The Kier molecular flexibility index (Phi) is 5.91. The highest BCUT2D eigenvalue weighted by Gasteiger charge is 2.04. The smallest absolute Gasteiger partial charge is 0.323 e. The summed E-state index contributed by atoms with van der Waals surface area (Å²) in [5, 5.41) is 6.62. The molecule has 2 aromatic heterocycles. The number of nitrogens with one attached hydrogen (secondary N) is 2. The number of hydrogen-bond acceptors (Lipinski definition) is 2. The van der Waals surface area contributed by atoms with Gasteiger partial charge in [-0.2, -0.15) is 0 Å². The van der Waals surface area contributed by atoms with E-state index < -0.39 is 0 Å². The number of nitrogens with zero attached hydrogens (tertiary/aromatic N) is 2. The second kappa shape index (κ2) is 7.44. The van der Waals surface area contributed by atoms with Gasteiger partial charge in [-0.15, -0.1) is 0 Å². The van der Waals surface area contributed by atoms with Crippen LogP contribution in [0.4, 0.5) is 16.2 Å². The van der Waals surface area contributed by atoms with Crippen LogP contribution in [0.5, 0.6) is 0 Å². The Morgan fingerprint density at radius 2 is 1.91 bits per heavy atom. The maximum atomic E-state index is 11.9. The summed E-state index contributed by atoms with van der Waals surface area (Å²) >= 11 is 0. The van der Waals surface area contributed by atoms with E-state index in [1.54, 1.807) is 24.5 Å². The fourth-order valence-electron chi connectivity index (χ4n) is 2.09. The minimum Gasteiger partial charge on any atom is -1.00 e. The van der Waals surface area contributed by atoms with E-state index >= 15 is 0 Å². The lowest BCUT2D eigenvalue weighted by Gasteiger charge is -2.07. The van der Waals surface area contributed by atoms with Gasteiger partial charge in [0.2, 0.25) is 0 Å². The highest BCUT2D eigenvalue weighted by atomic mass is 35.5. The number of benzene rings is 1. The third-order valence-corrected chi connectivity index (χ3v) is 3.06. The number of rotatable bonds is 2. The van der Waals surface area contributed by atoms with Crippen LogP contribution < -0.4 is 23.0 Å². The summed E-state index contributed by atoms with van der Waals surface area (Å²) in [5.41, 5.74) is 2.54. The van der Waals surface area contributed by atoms with Gasteiger partial charge in [0.15, 0.2) is 0 Å². The number of aryl methyl sites for hydroxylation is 1. The molecule has 0 aliphatic rings. The Hall–Kier alpha value is -2.57. The Morgan fingerprint density at radius 1 is 1.14 bits per heavy atom. The maximum absolute atomic E-state index is 11.9. The highest BCUT2D eigenvalue weighted by molar-refractivity contribution is 6.00.